The molecule has 1 amide bonds. The van der Waals surface area contributed by atoms with Crippen molar-refractivity contribution in [3.63, 3.8) is 0 Å². The summed E-state index contributed by atoms with van der Waals surface area (Å²) in [5.74, 6) is 1.88. The Balaban J connectivity index is 1.28. The minimum absolute atomic E-state index is 0.106. The first-order valence-electron chi connectivity index (χ1n) is 12.3. The summed E-state index contributed by atoms with van der Waals surface area (Å²) in [4.78, 5) is 17.2. The average molecular weight is 490 g/mol. The third-order valence-electron chi connectivity index (χ3n) is 6.06. The van der Waals surface area contributed by atoms with E-state index in [1.807, 2.05) is 18.2 Å². The smallest absolute Gasteiger partial charge is 0.251 e. The molecule has 35 heavy (non-hydrogen) atoms. The van der Waals surface area contributed by atoms with Crippen molar-refractivity contribution >= 4 is 28.5 Å². The number of fused-ring (bicyclic) bond motifs is 1. The standard InChI is InChI=1S/C29H32ClN3O2/c1-2-22-14-16-25(17-15-22)35-20-6-5-19-33-27-12-4-3-11-26(27)32-28(33)13-8-18-31-29(34)23-9-7-10-24(30)21-23/h3-4,7,9-12,14-17,21H,2,5-6,8,13,18-20H2,1H3,(H,31,34). The molecule has 0 saturated carbocycles. The quantitative estimate of drug-likeness (QED) is 0.232. The van der Waals surface area contributed by atoms with Crippen molar-refractivity contribution in [2.24, 2.45) is 0 Å². The molecule has 5 nitrogen and oxygen atoms in total. The fraction of sp³-hybridized carbons (Fsp3) is 0.310. The van der Waals surface area contributed by atoms with Gasteiger partial charge in [0.15, 0.2) is 0 Å². The molecule has 0 bridgehead atoms. The largest absolute Gasteiger partial charge is 0.494 e. The first kappa shape index (κ1) is 24.8. The molecule has 6 heteroatoms. The van der Waals surface area contributed by atoms with Gasteiger partial charge in [0, 0.05) is 30.1 Å². The Bertz CT molecular complexity index is 1250. The number of ether oxygens (including phenoxy) is 1. The molecule has 4 aromatic rings. The maximum absolute atomic E-state index is 12.4. The molecule has 182 valence electrons. The normalized spacial score (nSPS) is 11.0. The van der Waals surface area contributed by atoms with E-state index in [2.05, 4.69) is 47.1 Å². The van der Waals surface area contributed by atoms with Crippen LogP contribution < -0.4 is 10.1 Å². The van der Waals surface area contributed by atoms with Crippen molar-refractivity contribution in [1.29, 1.82) is 0 Å². The van der Waals surface area contributed by atoms with Gasteiger partial charge in [0.05, 0.1) is 17.6 Å². The summed E-state index contributed by atoms with van der Waals surface area (Å²) in [6, 6.07) is 23.6. The van der Waals surface area contributed by atoms with Crippen molar-refractivity contribution < 1.29 is 9.53 Å². The summed E-state index contributed by atoms with van der Waals surface area (Å²) in [6.07, 6.45) is 4.62. The lowest BCUT2D eigenvalue weighted by Gasteiger charge is -2.11. The molecule has 0 aliphatic heterocycles. The van der Waals surface area contributed by atoms with Gasteiger partial charge in [0.25, 0.3) is 5.91 Å². The van der Waals surface area contributed by atoms with E-state index in [1.165, 1.54) is 5.56 Å². The van der Waals surface area contributed by atoms with Gasteiger partial charge in [-0.15, -0.1) is 0 Å². The third kappa shape index (κ3) is 6.86. The molecule has 0 spiro atoms. The number of aryl methyl sites for hydroxylation is 3. The summed E-state index contributed by atoms with van der Waals surface area (Å²) in [5, 5.41) is 3.54. The Hall–Kier alpha value is -3.31. The monoisotopic (exact) mass is 489 g/mol. The summed E-state index contributed by atoms with van der Waals surface area (Å²) < 4.78 is 8.22. The average Bonchev–Trinajstić information content (AvgIpc) is 3.24. The number of rotatable bonds is 12. The molecule has 0 fully saturated rings. The van der Waals surface area contributed by atoms with Gasteiger partial charge in [-0.05, 0) is 73.7 Å². The summed E-state index contributed by atoms with van der Waals surface area (Å²) in [7, 11) is 0. The Morgan fingerprint density at radius 3 is 2.63 bits per heavy atom. The number of halogens is 1. The van der Waals surface area contributed by atoms with Gasteiger partial charge < -0.3 is 14.6 Å². The van der Waals surface area contributed by atoms with Crippen LogP contribution in [0, 0.1) is 0 Å². The highest BCUT2D eigenvalue weighted by Gasteiger charge is 2.11. The lowest BCUT2D eigenvalue weighted by atomic mass is 10.2. The van der Waals surface area contributed by atoms with E-state index in [0.717, 1.165) is 61.3 Å². The number of hydrogen-bond donors (Lipinski definition) is 1. The molecule has 3 aromatic carbocycles. The fourth-order valence-corrected chi connectivity index (χ4v) is 4.32. The zero-order valence-corrected chi connectivity index (χ0v) is 20.9. The van der Waals surface area contributed by atoms with E-state index in [0.29, 0.717) is 23.7 Å². The van der Waals surface area contributed by atoms with Crippen LogP contribution in [0.5, 0.6) is 5.75 Å². The minimum Gasteiger partial charge on any atom is -0.494 e. The Kier molecular flexibility index (Phi) is 8.79. The molecule has 1 N–H and O–H groups in total. The number of imidazole rings is 1. The predicted molar refractivity (Wildman–Crippen MR) is 142 cm³/mol. The number of carbonyl (C=O) groups excluding carboxylic acids is 1. The first-order chi connectivity index (χ1) is 17.1. The van der Waals surface area contributed by atoms with Gasteiger partial charge in [0.2, 0.25) is 0 Å². The Labute approximate surface area is 212 Å². The van der Waals surface area contributed by atoms with Crippen LogP contribution in [-0.4, -0.2) is 28.6 Å². The van der Waals surface area contributed by atoms with Gasteiger partial charge in [-0.2, -0.15) is 0 Å². The van der Waals surface area contributed by atoms with Crippen LogP contribution in [0.25, 0.3) is 11.0 Å². The zero-order chi connectivity index (χ0) is 24.5. The molecule has 0 radical (unpaired) electrons. The van der Waals surface area contributed by atoms with Crippen LogP contribution >= 0.6 is 11.6 Å². The van der Waals surface area contributed by atoms with Gasteiger partial charge in [-0.3, -0.25) is 4.79 Å². The van der Waals surface area contributed by atoms with E-state index >= 15 is 0 Å². The highest BCUT2D eigenvalue weighted by molar-refractivity contribution is 6.30. The van der Waals surface area contributed by atoms with Crippen LogP contribution in [0.1, 0.15) is 47.9 Å². The van der Waals surface area contributed by atoms with Gasteiger partial charge in [0.1, 0.15) is 11.6 Å². The molecule has 1 aromatic heterocycles. The lowest BCUT2D eigenvalue weighted by molar-refractivity contribution is 0.0953. The van der Waals surface area contributed by atoms with E-state index in [4.69, 9.17) is 21.3 Å². The van der Waals surface area contributed by atoms with E-state index in [9.17, 15) is 4.79 Å². The highest BCUT2D eigenvalue weighted by atomic mass is 35.5. The summed E-state index contributed by atoms with van der Waals surface area (Å²) in [5.41, 5.74) is 4.06. The maximum atomic E-state index is 12.4. The minimum atomic E-state index is -0.106. The van der Waals surface area contributed by atoms with Crippen LogP contribution in [0.15, 0.2) is 72.8 Å². The van der Waals surface area contributed by atoms with Crippen LogP contribution in [0.4, 0.5) is 0 Å². The Morgan fingerprint density at radius 2 is 1.83 bits per heavy atom. The van der Waals surface area contributed by atoms with Gasteiger partial charge >= 0.3 is 0 Å². The van der Waals surface area contributed by atoms with Crippen molar-refractivity contribution in [2.45, 2.75) is 45.6 Å². The number of nitrogens with one attached hydrogen (secondary N) is 1. The number of hydrogen-bond acceptors (Lipinski definition) is 3. The highest BCUT2D eigenvalue weighted by Crippen LogP contribution is 2.19. The molecule has 0 atom stereocenters. The summed E-state index contributed by atoms with van der Waals surface area (Å²) >= 11 is 5.99. The number of nitrogens with zero attached hydrogens (tertiary/aromatic N) is 2. The van der Waals surface area contributed by atoms with Crippen LogP contribution in [-0.2, 0) is 19.4 Å². The van der Waals surface area contributed by atoms with Crippen molar-refractivity contribution in [1.82, 2.24) is 14.9 Å². The molecule has 0 saturated heterocycles. The second kappa shape index (κ2) is 12.4. The molecular weight excluding hydrogens is 458 g/mol. The number of carbonyl (C=O) groups is 1. The van der Waals surface area contributed by atoms with Crippen LogP contribution in [0.3, 0.4) is 0 Å². The SMILES string of the molecule is CCc1ccc(OCCCCn2c(CCCNC(=O)c3cccc(Cl)c3)nc3ccccc32)cc1. The third-order valence-corrected chi connectivity index (χ3v) is 6.29. The number of amides is 1. The Morgan fingerprint density at radius 1 is 1.00 bits per heavy atom. The van der Waals surface area contributed by atoms with Crippen molar-refractivity contribution in [2.75, 3.05) is 13.2 Å². The van der Waals surface area contributed by atoms with Gasteiger partial charge in [-0.1, -0.05) is 48.9 Å². The molecule has 0 unspecified atom stereocenters. The first-order valence-corrected chi connectivity index (χ1v) is 12.7. The van der Waals surface area contributed by atoms with E-state index in [-0.39, 0.29) is 5.91 Å². The van der Waals surface area contributed by atoms with Crippen LogP contribution in [0.2, 0.25) is 5.02 Å². The molecular formula is C29H32ClN3O2. The van der Waals surface area contributed by atoms with Crippen molar-refractivity contribution in [3.05, 3.63) is 94.8 Å². The predicted octanol–water partition coefficient (Wildman–Crippen LogP) is 6.47. The topological polar surface area (TPSA) is 56.1 Å². The molecule has 4 rings (SSSR count). The number of benzene rings is 3. The second-order valence-corrected chi connectivity index (χ2v) is 9.03. The zero-order valence-electron chi connectivity index (χ0n) is 20.2. The van der Waals surface area contributed by atoms with E-state index < -0.39 is 0 Å². The number of unbranched alkanes of at least 4 members (excludes halogenated alkanes) is 1. The second-order valence-electron chi connectivity index (χ2n) is 8.59. The number of aromatic nitrogens is 2. The summed E-state index contributed by atoms with van der Waals surface area (Å²) in [6.45, 7) is 4.33. The fourth-order valence-electron chi connectivity index (χ4n) is 4.13. The van der Waals surface area contributed by atoms with Gasteiger partial charge in [-0.25, -0.2) is 4.98 Å². The molecule has 0 aliphatic rings. The van der Waals surface area contributed by atoms with E-state index in [1.54, 1.807) is 24.3 Å². The van der Waals surface area contributed by atoms with Crippen molar-refractivity contribution in [3.8, 4) is 5.75 Å². The number of para-hydroxylation sites is 2. The molecule has 1 heterocycles. The molecule has 0 aliphatic carbocycles. The lowest BCUT2D eigenvalue weighted by Crippen LogP contribution is -2.25. The maximum Gasteiger partial charge on any atom is 0.251 e.